The first kappa shape index (κ1) is 17.6. The molecule has 2 N–H and O–H groups in total. The lowest BCUT2D eigenvalue weighted by Crippen LogP contribution is -2.00. The second-order valence-electron chi connectivity index (χ2n) is 6.94. The molecule has 0 unspecified atom stereocenters. The molecule has 0 saturated carbocycles. The Hall–Kier alpha value is -2.79. The molecule has 4 rings (SSSR count). The second-order valence-corrected chi connectivity index (χ2v) is 6.94. The number of rotatable bonds is 5. The van der Waals surface area contributed by atoms with Gasteiger partial charge in [0, 0.05) is 41.8 Å². The van der Waals surface area contributed by atoms with E-state index < -0.39 is 0 Å². The van der Waals surface area contributed by atoms with Gasteiger partial charge in [-0.05, 0) is 56.5 Å². The van der Waals surface area contributed by atoms with Crippen LogP contribution in [-0.4, -0.2) is 27.0 Å². The van der Waals surface area contributed by atoms with E-state index in [0.29, 0.717) is 6.54 Å². The third-order valence-electron chi connectivity index (χ3n) is 4.93. The molecule has 0 atom stereocenters. The standard InChI is InChI=1S/C22H25N5/c1-16-6-4-7-19(25-16)22-21(20-8-5-15-27(20)26-22)17-9-11-18(12-10-17)24-14-3-2-13-23/h3-4,6-7,9-11,14H,2,5,8,12-13,15,23H2,1H3. The van der Waals surface area contributed by atoms with Crippen molar-refractivity contribution in [1.29, 1.82) is 0 Å². The van der Waals surface area contributed by atoms with Gasteiger partial charge in [0.1, 0.15) is 5.69 Å². The highest BCUT2D eigenvalue weighted by Crippen LogP contribution is 2.35. The maximum absolute atomic E-state index is 5.50. The topological polar surface area (TPSA) is 69.1 Å². The van der Waals surface area contributed by atoms with E-state index in [9.17, 15) is 0 Å². The van der Waals surface area contributed by atoms with E-state index in [1.165, 1.54) is 16.8 Å². The maximum Gasteiger partial charge on any atom is 0.119 e. The summed E-state index contributed by atoms with van der Waals surface area (Å²) in [5.41, 5.74) is 13.3. The molecule has 2 aromatic heterocycles. The van der Waals surface area contributed by atoms with Crippen molar-refractivity contribution < 1.29 is 0 Å². The Morgan fingerprint density at radius 2 is 2.22 bits per heavy atom. The minimum atomic E-state index is 0.657. The van der Waals surface area contributed by atoms with Crippen molar-refractivity contribution in [2.24, 2.45) is 10.7 Å². The first-order chi connectivity index (χ1) is 13.3. The summed E-state index contributed by atoms with van der Waals surface area (Å²) < 4.78 is 2.16. The first-order valence-corrected chi connectivity index (χ1v) is 9.60. The lowest BCUT2D eigenvalue weighted by Gasteiger charge is -2.11. The number of aromatic nitrogens is 3. The summed E-state index contributed by atoms with van der Waals surface area (Å²) in [5.74, 6) is 0. The maximum atomic E-state index is 5.50. The third kappa shape index (κ3) is 3.69. The monoisotopic (exact) mass is 359 g/mol. The van der Waals surface area contributed by atoms with Crippen molar-refractivity contribution in [3.63, 3.8) is 0 Å². The summed E-state index contributed by atoms with van der Waals surface area (Å²) >= 11 is 0. The summed E-state index contributed by atoms with van der Waals surface area (Å²) in [6.45, 7) is 3.67. The average Bonchev–Trinajstić information content (AvgIpc) is 3.27. The van der Waals surface area contributed by atoms with E-state index in [-0.39, 0.29) is 0 Å². The van der Waals surface area contributed by atoms with E-state index in [1.54, 1.807) is 0 Å². The molecule has 0 spiro atoms. The van der Waals surface area contributed by atoms with Crippen LogP contribution in [0.2, 0.25) is 0 Å². The van der Waals surface area contributed by atoms with Gasteiger partial charge < -0.3 is 5.73 Å². The van der Waals surface area contributed by atoms with Crippen molar-refractivity contribution >= 4 is 11.3 Å². The number of hydrogen-bond acceptors (Lipinski definition) is 4. The zero-order valence-corrected chi connectivity index (χ0v) is 15.7. The van der Waals surface area contributed by atoms with Crippen LogP contribution in [0.15, 0.2) is 53.7 Å². The highest BCUT2D eigenvalue weighted by molar-refractivity contribution is 6.03. The molecule has 2 aliphatic rings. The number of nitrogens with zero attached hydrogens (tertiary/aromatic N) is 4. The lowest BCUT2D eigenvalue weighted by molar-refractivity contribution is 0.658. The highest BCUT2D eigenvalue weighted by Gasteiger charge is 2.25. The molecular formula is C22H25N5. The molecule has 0 aromatic carbocycles. The zero-order valence-electron chi connectivity index (χ0n) is 15.7. The van der Waals surface area contributed by atoms with Gasteiger partial charge in [0.05, 0.1) is 5.69 Å². The number of fused-ring (bicyclic) bond motifs is 1. The molecule has 3 heterocycles. The van der Waals surface area contributed by atoms with Crippen LogP contribution >= 0.6 is 0 Å². The predicted octanol–water partition coefficient (Wildman–Crippen LogP) is 3.85. The van der Waals surface area contributed by atoms with Gasteiger partial charge in [-0.25, -0.2) is 0 Å². The zero-order chi connectivity index (χ0) is 18.6. The lowest BCUT2D eigenvalue weighted by atomic mass is 9.94. The van der Waals surface area contributed by atoms with Crippen molar-refractivity contribution in [1.82, 2.24) is 14.8 Å². The fourth-order valence-electron chi connectivity index (χ4n) is 3.63. The van der Waals surface area contributed by atoms with Gasteiger partial charge in [-0.1, -0.05) is 24.3 Å². The van der Waals surface area contributed by atoms with Crippen LogP contribution in [0.5, 0.6) is 0 Å². The molecular weight excluding hydrogens is 334 g/mol. The van der Waals surface area contributed by atoms with Gasteiger partial charge >= 0.3 is 0 Å². The first-order valence-electron chi connectivity index (χ1n) is 9.60. The summed E-state index contributed by atoms with van der Waals surface area (Å²) in [7, 11) is 0. The van der Waals surface area contributed by atoms with E-state index in [2.05, 4.69) is 40.0 Å². The molecule has 0 radical (unpaired) electrons. The van der Waals surface area contributed by atoms with Crippen LogP contribution in [0.3, 0.4) is 0 Å². The van der Waals surface area contributed by atoms with E-state index >= 15 is 0 Å². The highest BCUT2D eigenvalue weighted by atomic mass is 15.3. The molecule has 1 aliphatic carbocycles. The SMILES string of the molecule is Cc1cccc(-c2nn3c(c2C2=CCC(=NC=CCCN)C=C2)CCC3)n1. The predicted molar refractivity (Wildman–Crippen MR) is 110 cm³/mol. The molecule has 138 valence electrons. The van der Waals surface area contributed by atoms with E-state index in [1.807, 2.05) is 25.3 Å². The Morgan fingerprint density at radius 1 is 1.30 bits per heavy atom. The molecule has 0 amide bonds. The molecule has 0 fully saturated rings. The van der Waals surface area contributed by atoms with Crippen LogP contribution in [-0.2, 0) is 13.0 Å². The number of hydrogen-bond donors (Lipinski definition) is 1. The molecule has 5 nitrogen and oxygen atoms in total. The van der Waals surface area contributed by atoms with Crippen LogP contribution in [0.25, 0.3) is 17.0 Å². The van der Waals surface area contributed by atoms with E-state index in [4.69, 9.17) is 15.8 Å². The second kappa shape index (κ2) is 7.84. The summed E-state index contributed by atoms with van der Waals surface area (Å²) in [4.78, 5) is 9.23. The number of pyridine rings is 1. The Balaban J connectivity index is 1.67. The average molecular weight is 359 g/mol. The Labute approximate surface area is 160 Å². The third-order valence-corrected chi connectivity index (χ3v) is 4.93. The molecule has 5 heteroatoms. The van der Waals surface area contributed by atoms with Gasteiger partial charge in [0.2, 0.25) is 0 Å². The number of nitrogens with two attached hydrogens (primary N) is 1. The molecule has 1 aliphatic heterocycles. The van der Waals surface area contributed by atoms with Gasteiger partial charge in [0.15, 0.2) is 0 Å². The minimum absolute atomic E-state index is 0.657. The largest absolute Gasteiger partial charge is 0.330 e. The Bertz CT molecular complexity index is 959. The van der Waals surface area contributed by atoms with Crippen LogP contribution < -0.4 is 5.73 Å². The fourth-order valence-corrected chi connectivity index (χ4v) is 3.63. The number of allylic oxidation sites excluding steroid dienone is 4. The number of aryl methyl sites for hydroxylation is 2. The molecule has 0 saturated heterocycles. The van der Waals surface area contributed by atoms with E-state index in [0.717, 1.165) is 55.0 Å². The fraction of sp³-hybridized carbons (Fsp3) is 0.318. The van der Waals surface area contributed by atoms with Crippen LogP contribution in [0.4, 0.5) is 0 Å². The van der Waals surface area contributed by atoms with Gasteiger partial charge in [-0.2, -0.15) is 5.10 Å². The van der Waals surface area contributed by atoms with Crippen molar-refractivity contribution in [3.05, 3.63) is 65.7 Å². The quantitative estimate of drug-likeness (QED) is 0.882. The smallest absolute Gasteiger partial charge is 0.119 e. The van der Waals surface area contributed by atoms with Gasteiger partial charge in [0.25, 0.3) is 0 Å². The minimum Gasteiger partial charge on any atom is -0.330 e. The Morgan fingerprint density at radius 3 is 3.00 bits per heavy atom. The van der Waals surface area contributed by atoms with Crippen LogP contribution in [0.1, 0.15) is 36.2 Å². The molecule has 0 bridgehead atoms. The molecule has 27 heavy (non-hydrogen) atoms. The summed E-state index contributed by atoms with van der Waals surface area (Å²) in [6.07, 6.45) is 14.3. The summed E-state index contributed by atoms with van der Waals surface area (Å²) in [5, 5.41) is 4.89. The van der Waals surface area contributed by atoms with Gasteiger partial charge in [-0.15, -0.1) is 0 Å². The van der Waals surface area contributed by atoms with Gasteiger partial charge in [-0.3, -0.25) is 14.7 Å². The number of aliphatic imine (C=N–C) groups is 1. The van der Waals surface area contributed by atoms with Crippen molar-refractivity contribution in [2.45, 2.75) is 39.2 Å². The van der Waals surface area contributed by atoms with Crippen molar-refractivity contribution in [3.8, 4) is 11.4 Å². The normalized spacial score (nSPS) is 17.7. The Kier molecular flexibility index (Phi) is 5.12. The van der Waals surface area contributed by atoms with Crippen molar-refractivity contribution in [2.75, 3.05) is 6.54 Å². The van der Waals surface area contributed by atoms with Crippen LogP contribution in [0, 0.1) is 6.92 Å². The summed E-state index contributed by atoms with van der Waals surface area (Å²) in [6, 6.07) is 6.12. The molecule has 2 aromatic rings.